The zero-order valence-corrected chi connectivity index (χ0v) is 13.2. The van der Waals surface area contributed by atoms with Crippen LogP contribution in [0, 0.1) is 0 Å². The summed E-state index contributed by atoms with van der Waals surface area (Å²) in [5, 5.41) is 25.6. The number of halogens is 2. The molecule has 0 aliphatic carbocycles. The van der Waals surface area contributed by atoms with Gasteiger partial charge in [0.25, 0.3) is 0 Å². The monoisotopic (exact) mass is 349 g/mol. The van der Waals surface area contributed by atoms with Crippen molar-refractivity contribution in [2.45, 2.75) is 25.5 Å². The van der Waals surface area contributed by atoms with Crippen LogP contribution in [-0.4, -0.2) is 51.4 Å². The van der Waals surface area contributed by atoms with Crippen LogP contribution in [0.25, 0.3) is 0 Å². The number of nitrogens with zero attached hydrogens (tertiary/aromatic N) is 1. The molecular formula is C14H17Cl2NO5. The summed E-state index contributed by atoms with van der Waals surface area (Å²) in [5.74, 6) is -3.65. The molecule has 1 fully saturated rings. The lowest BCUT2D eigenvalue weighted by atomic mass is 10.1. The van der Waals surface area contributed by atoms with Gasteiger partial charge in [-0.05, 0) is 25.0 Å². The average Bonchev–Trinajstić information content (AvgIpc) is 2.45. The number of carbonyl (C=O) groups is 2. The van der Waals surface area contributed by atoms with E-state index >= 15 is 0 Å². The number of aliphatic hydroxyl groups is 1. The number of benzene rings is 1. The van der Waals surface area contributed by atoms with Gasteiger partial charge in [-0.3, -0.25) is 4.90 Å². The molecule has 0 aromatic heterocycles. The Labute approximate surface area is 137 Å². The Bertz CT molecular complexity index is 498. The number of hydrogen-bond donors (Lipinski definition) is 3. The summed E-state index contributed by atoms with van der Waals surface area (Å²) in [6, 6.07) is 5.58. The molecule has 0 spiro atoms. The van der Waals surface area contributed by atoms with Crippen LogP contribution in [0.5, 0.6) is 0 Å². The van der Waals surface area contributed by atoms with E-state index in [1.165, 1.54) is 0 Å². The maximum absolute atomic E-state index is 9.42. The van der Waals surface area contributed by atoms with Crippen LogP contribution in [0.3, 0.4) is 0 Å². The lowest BCUT2D eigenvalue weighted by Crippen LogP contribution is -2.35. The molecule has 1 saturated heterocycles. The van der Waals surface area contributed by atoms with Crippen LogP contribution >= 0.6 is 23.2 Å². The van der Waals surface area contributed by atoms with Gasteiger partial charge < -0.3 is 15.3 Å². The molecule has 2 rings (SSSR count). The minimum absolute atomic E-state index is 0.141. The maximum Gasteiger partial charge on any atom is 0.414 e. The van der Waals surface area contributed by atoms with Gasteiger partial charge in [-0.15, -0.1) is 0 Å². The standard InChI is InChI=1S/C12H15Cl2NO.C2H2O4/c13-11-2-1-3-12(14)10(11)8-15-6-4-9(16)5-7-15;3-1(4)2(5)6/h1-3,9,16H,4-8H2;(H,3,4)(H,5,6). The summed E-state index contributed by atoms with van der Waals surface area (Å²) in [6.07, 6.45) is 1.53. The second-order valence-corrected chi connectivity index (χ2v) is 5.63. The van der Waals surface area contributed by atoms with Crippen molar-refractivity contribution in [3.8, 4) is 0 Å². The molecule has 0 bridgehead atoms. The number of aliphatic carboxylic acids is 2. The first-order valence-electron chi connectivity index (χ1n) is 6.60. The molecule has 0 radical (unpaired) electrons. The van der Waals surface area contributed by atoms with Crippen molar-refractivity contribution in [3.63, 3.8) is 0 Å². The van der Waals surface area contributed by atoms with Crippen molar-refractivity contribution in [1.29, 1.82) is 0 Å². The molecule has 0 saturated carbocycles. The fraction of sp³-hybridized carbons (Fsp3) is 0.429. The Morgan fingerprint density at radius 1 is 1.09 bits per heavy atom. The fourth-order valence-corrected chi connectivity index (χ4v) is 2.50. The number of hydrogen-bond acceptors (Lipinski definition) is 4. The van der Waals surface area contributed by atoms with Crippen LogP contribution < -0.4 is 0 Å². The van der Waals surface area contributed by atoms with Crippen molar-refractivity contribution in [1.82, 2.24) is 4.90 Å². The molecule has 0 amide bonds. The van der Waals surface area contributed by atoms with Gasteiger partial charge in [0.2, 0.25) is 0 Å². The fourth-order valence-electron chi connectivity index (χ4n) is 1.98. The molecule has 1 aromatic carbocycles. The average molecular weight is 350 g/mol. The largest absolute Gasteiger partial charge is 0.473 e. The van der Waals surface area contributed by atoms with Gasteiger partial charge in [0.1, 0.15) is 0 Å². The summed E-state index contributed by atoms with van der Waals surface area (Å²) < 4.78 is 0. The highest BCUT2D eigenvalue weighted by Gasteiger charge is 2.18. The first-order valence-corrected chi connectivity index (χ1v) is 7.36. The Balaban J connectivity index is 0.000000346. The van der Waals surface area contributed by atoms with Gasteiger partial charge in [-0.2, -0.15) is 0 Å². The van der Waals surface area contributed by atoms with Gasteiger partial charge in [0.05, 0.1) is 6.10 Å². The SMILES string of the molecule is O=C(O)C(=O)O.OC1CCN(Cc2c(Cl)cccc2Cl)CC1. The number of piperidine rings is 1. The van der Waals surface area contributed by atoms with E-state index in [2.05, 4.69) is 4.90 Å². The number of likely N-dealkylation sites (tertiary alicyclic amines) is 1. The minimum Gasteiger partial charge on any atom is -0.473 e. The van der Waals surface area contributed by atoms with Crippen molar-refractivity contribution < 1.29 is 24.9 Å². The van der Waals surface area contributed by atoms with Crippen LogP contribution in [-0.2, 0) is 16.1 Å². The molecule has 122 valence electrons. The van der Waals surface area contributed by atoms with E-state index in [9.17, 15) is 5.11 Å². The van der Waals surface area contributed by atoms with E-state index in [4.69, 9.17) is 43.0 Å². The summed E-state index contributed by atoms with van der Waals surface area (Å²) in [6.45, 7) is 2.58. The first-order chi connectivity index (χ1) is 10.3. The van der Waals surface area contributed by atoms with Gasteiger partial charge in [0.15, 0.2) is 0 Å². The number of rotatable bonds is 2. The quantitative estimate of drug-likeness (QED) is 0.707. The van der Waals surface area contributed by atoms with Gasteiger partial charge in [0, 0.05) is 35.2 Å². The van der Waals surface area contributed by atoms with Gasteiger partial charge in [-0.1, -0.05) is 29.3 Å². The molecular weight excluding hydrogens is 333 g/mol. The molecule has 0 atom stereocenters. The Morgan fingerprint density at radius 3 is 1.95 bits per heavy atom. The first kappa shape index (κ1) is 18.7. The van der Waals surface area contributed by atoms with Gasteiger partial charge >= 0.3 is 11.9 Å². The predicted octanol–water partition coefficient (Wildman–Crippen LogP) is 2.11. The van der Waals surface area contributed by atoms with Crippen molar-refractivity contribution in [2.24, 2.45) is 0 Å². The highest BCUT2D eigenvalue weighted by Crippen LogP contribution is 2.26. The highest BCUT2D eigenvalue weighted by molar-refractivity contribution is 6.35. The zero-order valence-electron chi connectivity index (χ0n) is 11.7. The number of aliphatic hydroxyl groups excluding tert-OH is 1. The van der Waals surface area contributed by atoms with Crippen molar-refractivity contribution >= 4 is 35.1 Å². The summed E-state index contributed by atoms with van der Waals surface area (Å²) in [7, 11) is 0. The van der Waals surface area contributed by atoms with Crippen LogP contribution in [0.2, 0.25) is 10.0 Å². The molecule has 8 heteroatoms. The number of carboxylic acid groups (broad SMARTS) is 2. The Hall–Kier alpha value is -1.34. The van der Waals surface area contributed by atoms with E-state index in [0.29, 0.717) is 0 Å². The molecule has 0 unspecified atom stereocenters. The summed E-state index contributed by atoms with van der Waals surface area (Å²) >= 11 is 12.2. The highest BCUT2D eigenvalue weighted by atomic mass is 35.5. The van der Waals surface area contributed by atoms with Gasteiger partial charge in [-0.25, -0.2) is 9.59 Å². The van der Waals surface area contributed by atoms with Crippen LogP contribution in [0.1, 0.15) is 18.4 Å². The van der Waals surface area contributed by atoms with E-state index in [-0.39, 0.29) is 6.10 Å². The molecule has 1 aromatic rings. The third kappa shape index (κ3) is 6.19. The molecule has 1 aliphatic rings. The van der Waals surface area contributed by atoms with Crippen LogP contribution in [0.15, 0.2) is 18.2 Å². The summed E-state index contributed by atoms with van der Waals surface area (Å²) in [5.41, 5.74) is 0.988. The van der Waals surface area contributed by atoms with E-state index in [1.807, 2.05) is 18.2 Å². The molecule has 6 nitrogen and oxygen atoms in total. The second-order valence-electron chi connectivity index (χ2n) is 4.82. The van der Waals surface area contributed by atoms with Crippen LogP contribution in [0.4, 0.5) is 0 Å². The Morgan fingerprint density at radius 2 is 1.55 bits per heavy atom. The van der Waals surface area contributed by atoms with Crippen molar-refractivity contribution in [3.05, 3.63) is 33.8 Å². The third-order valence-electron chi connectivity index (χ3n) is 3.18. The molecule has 3 N–H and O–H groups in total. The normalized spacial score (nSPS) is 15.8. The minimum atomic E-state index is -1.82. The topological polar surface area (TPSA) is 98.1 Å². The zero-order chi connectivity index (χ0) is 16.7. The molecule has 22 heavy (non-hydrogen) atoms. The lowest BCUT2D eigenvalue weighted by Gasteiger charge is -2.29. The Kier molecular flexibility index (Phi) is 7.61. The predicted molar refractivity (Wildman–Crippen MR) is 82.3 cm³/mol. The summed E-state index contributed by atoms with van der Waals surface area (Å²) in [4.78, 5) is 20.5. The van der Waals surface area contributed by atoms with E-state index in [1.54, 1.807) is 0 Å². The second kappa shape index (κ2) is 8.95. The van der Waals surface area contributed by atoms with E-state index < -0.39 is 11.9 Å². The lowest BCUT2D eigenvalue weighted by molar-refractivity contribution is -0.159. The smallest absolute Gasteiger partial charge is 0.414 e. The van der Waals surface area contributed by atoms with Crippen molar-refractivity contribution in [2.75, 3.05) is 13.1 Å². The van der Waals surface area contributed by atoms with E-state index in [0.717, 1.165) is 48.1 Å². The molecule has 1 heterocycles. The third-order valence-corrected chi connectivity index (χ3v) is 3.89. The molecule has 1 aliphatic heterocycles. The maximum atomic E-state index is 9.42. The number of carboxylic acids is 2.